The molecule has 0 radical (unpaired) electrons. The number of carbonyl (C=O) groups is 2. The summed E-state index contributed by atoms with van der Waals surface area (Å²) in [5.41, 5.74) is 0. The maximum absolute atomic E-state index is 11.8. The van der Waals surface area contributed by atoms with E-state index >= 15 is 0 Å². The molecule has 4 nitrogen and oxygen atoms in total. The number of esters is 2. The molecule has 0 unspecified atom stereocenters. The quantitative estimate of drug-likeness (QED) is 0.0961. The molecule has 0 bridgehead atoms. The third-order valence-corrected chi connectivity index (χ3v) is 6.39. The van der Waals surface area contributed by atoms with Crippen LogP contribution in [0.15, 0.2) is 0 Å². The molecular weight excluding hydrogens is 424 g/mol. The summed E-state index contributed by atoms with van der Waals surface area (Å²) in [6, 6.07) is 0. The number of unbranched alkanes of at least 4 members (excludes halogenated alkanes) is 13. The van der Waals surface area contributed by atoms with Crippen LogP contribution in [0.2, 0.25) is 0 Å². The van der Waals surface area contributed by atoms with Crippen LogP contribution in [0.25, 0.3) is 0 Å². The lowest BCUT2D eigenvalue weighted by Crippen LogP contribution is -2.06. The molecule has 0 rings (SSSR count). The Morgan fingerprint density at radius 2 is 0.735 bits per heavy atom. The molecule has 202 valence electrons. The maximum atomic E-state index is 11.8. The second-order valence-electron chi connectivity index (χ2n) is 11.0. The Labute approximate surface area is 212 Å². The fraction of sp³-hybridized carbons (Fsp3) is 0.933. The van der Waals surface area contributed by atoms with Gasteiger partial charge in [0.05, 0.1) is 13.2 Å². The molecule has 0 aromatic rings. The van der Waals surface area contributed by atoms with Gasteiger partial charge in [-0.3, -0.25) is 9.59 Å². The monoisotopic (exact) mass is 482 g/mol. The molecule has 0 fully saturated rings. The van der Waals surface area contributed by atoms with Gasteiger partial charge in [-0.1, -0.05) is 118 Å². The Bertz CT molecular complexity index is 417. The first-order chi connectivity index (χ1) is 16.4. The van der Waals surface area contributed by atoms with Gasteiger partial charge in [0.2, 0.25) is 0 Å². The Kier molecular flexibility index (Phi) is 24.3. The summed E-state index contributed by atoms with van der Waals surface area (Å²) in [4.78, 5) is 23.6. The molecule has 0 N–H and O–H groups in total. The van der Waals surface area contributed by atoms with E-state index in [0.29, 0.717) is 26.1 Å². The minimum absolute atomic E-state index is 0.0434. The van der Waals surface area contributed by atoms with Gasteiger partial charge >= 0.3 is 11.9 Å². The first kappa shape index (κ1) is 32.9. The summed E-state index contributed by atoms with van der Waals surface area (Å²) in [5, 5.41) is 0. The minimum atomic E-state index is -0.0434. The normalized spacial score (nSPS) is 11.4. The highest BCUT2D eigenvalue weighted by molar-refractivity contribution is 5.69. The van der Waals surface area contributed by atoms with Crippen molar-refractivity contribution in [2.45, 2.75) is 156 Å². The largest absolute Gasteiger partial charge is 0.466 e. The second-order valence-corrected chi connectivity index (χ2v) is 11.0. The van der Waals surface area contributed by atoms with Crippen molar-refractivity contribution in [3.8, 4) is 0 Å². The van der Waals surface area contributed by atoms with Crippen LogP contribution < -0.4 is 0 Å². The van der Waals surface area contributed by atoms with Gasteiger partial charge in [0.15, 0.2) is 0 Å². The minimum Gasteiger partial charge on any atom is -0.466 e. The van der Waals surface area contributed by atoms with E-state index in [0.717, 1.165) is 76.0 Å². The topological polar surface area (TPSA) is 52.6 Å². The Morgan fingerprint density at radius 3 is 1.09 bits per heavy atom. The molecule has 0 atom stereocenters. The average molecular weight is 483 g/mol. The van der Waals surface area contributed by atoms with Crippen molar-refractivity contribution in [3.05, 3.63) is 0 Å². The Hall–Kier alpha value is -1.06. The van der Waals surface area contributed by atoms with Crippen molar-refractivity contribution < 1.29 is 19.1 Å². The summed E-state index contributed by atoms with van der Waals surface area (Å²) in [6.45, 7) is 10.3. The van der Waals surface area contributed by atoms with E-state index in [9.17, 15) is 9.59 Å². The molecule has 34 heavy (non-hydrogen) atoms. The lowest BCUT2D eigenvalue weighted by Gasteiger charge is -2.07. The SMILES string of the molecule is CC(C)CCCCCCCOC(=O)CCCCCCCCC(=O)OCCCCCCCC(C)C. The van der Waals surface area contributed by atoms with Crippen LogP contribution in [0.4, 0.5) is 0 Å². The standard InChI is InChI=1S/C30H58O4/c1-27(2)21-15-9-7-13-19-25-33-29(31)23-17-11-5-6-12-18-24-30(32)34-26-20-14-8-10-16-22-28(3)4/h27-28H,5-26H2,1-4H3. The molecular formula is C30H58O4. The molecule has 0 amide bonds. The molecule has 0 saturated heterocycles. The Balaban J connectivity index is 3.28. The van der Waals surface area contributed by atoms with Crippen LogP contribution in [0, 0.1) is 11.8 Å². The van der Waals surface area contributed by atoms with Gasteiger partial charge in [0, 0.05) is 12.8 Å². The van der Waals surface area contributed by atoms with Gasteiger partial charge < -0.3 is 9.47 Å². The molecule has 0 spiro atoms. The number of hydrogen-bond acceptors (Lipinski definition) is 4. The number of carbonyl (C=O) groups excluding carboxylic acids is 2. The van der Waals surface area contributed by atoms with Crippen LogP contribution >= 0.6 is 0 Å². The van der Waals surface area contributed by atoms with Crippen LogP contribution in [-0.4, -0.2) is 25.2 Å². The Morgan fingerprint density at radius 1 is 0.441 bits per heavy atom. The van der Waals surface area contributed by atoms with Gasteiger partial charge in [-0.2, -0.15) is 0 Å². The van der Waals surface area contributed by atoms with Crippen molar-refractivity contribution in [1.29, 1.82) is 0 Å². The van der Waals surface area contributed by atoms with Crippen molar-refractivity contribution in [2.24, 2.45) is 11.8 Å². The zero-order chi connectivity index (χ0) is 25.3. The van der Waals surface area contributed by atoms with Crippen LogP contribution in [0.5, 0.6) is 0 Å². The van der Waals surface area contributed by atoms with Crippen molar-refractivity contribution >= 4 is 11.9 Å². The average Bonchev–Trinajstić information content (AvgIpc) is 2.78. The second kappa shape index (κ2) is 25.0. The first-order valence-corrected chi connectivity index (χ1v) is 14.7. The molecule has 0 aliphatic carbocycles. The molecule has 0 saturated carbocycles. The van der Waals surface area contributed by atoms with E-state index in [4.69, 9.17) is 9.47 Å². The highest BCUT2D eigenvalue weighted by atomic mass is 16.5. The summed E-state index contributed by atoms with van der Waals surface area (Å²) in [6.07, 6.45) is 22.0. The third kappa shape index (κ3) is 27.2. The van der Waals surface area contributed by atoms with E-state index in [1.165, 1.54) is 51.4 Å². The van der Waals surface area contributed by atoms with E-state index in [1.807, 2.05) is 0 Å². The predicted molar refractivity (Wildman–Crippen MR) is 144 cm³/mol. The van der Waals surface area contributed by atoms with E-state index in [1.54, 1.807) is 0 Å². The summed E-state index contributed by atoms with van der Waals surface area (Å²) in [7, 11) is 0. The van der Waals surface area contributed by atoms with E-state index in [-0.39, 0.29) is 11.9 Å². The highest BCUT2D eigenvalue weighted by Crippen LogP contribution is 2.13. The van der Waals surface area contributed by atoms with Crippen LogP contribution in [0.1, 0.15) is 156 Å². The predicted octanol–water partition coefficient (Wildman–Crippen LogP) is 9.19. The first-order valence-electron chi connectivity index (χ1n) is 14.7. The molecule has 0 heterocycles. The van der Waals surface area contributed by atoms with Crippen LogP contribution in [-0.2, 0) is 19.1 Å². The van der Waals surface area contributed by atoms with Gasteiger partial charge in [0.1, 0.15) is 0 Å². The van der Waals surface area contributed by atoms with Crippen molar-refractivity contribution in [3.63, 3.8) is 0 Å². The van der Waals surface area contributed by atoms with Crippen LogP contribution in [0.3, 0.4) is 0 Å². The molecule has 0 aromatic heterocycles. The van der Waals surface area contributed by atoms with Crippen molar-refractivity contribution in [1.82, 2.24) is 0 Å². The fourth-order valence-electron chi connectivity index (χ4n) is 4.13. The molecule has 0 aromatic carbocycles. The van der Waals surface area contributed by atoms with E-state index < -0.39 is 0 Å². The summed E-state index contributed by atoms with van der Waals surface area (Å²) in [5.74, 6) is 1.52. The van der Waals surface area contributed by atoms with Gasteiger partial charge in [-0.15, -0.1) is 0 Å². The number of hydrogen-bond donors (Lipinski definition) is 0. The smallest absolute Gasteiger partial charge is 0.305 e. The number of rotatable bonds is 25. The number of ether oxygens (including phenoxy) is 2. The fourth-order valence-corrected chi connectivity index (χ4v) is 4.13. The zero-order valence-corrected chi connectivity index (χ0v) is 23.3. The maximum Gasteiger partial charge on any atom is 0.305 e. The lowest BCUT2D eigenvalue weighted by molar-refractivity contribution is -0.144. The van der Waals surface area contributed by atoms with Gasteiger partial charge in [0.25, 0.3) is 0 Å². The molecule has 4 heteroatoms. The molecule has 0 aliphatic heterocycles. The van der Waals surface area contributed by atoms with Gasteiger partial charge in [-0.05, 0) is 37.5 Å². The van der Waals surface area contributed by atoms with Crippen molar-refractivity contribution in [2.75, 3.05) is 13.2 Å². The highest BCUT2D eigenvalue weighted by Gasteiger charge is 2.04. The summed E-state index contributed by atoms with van der Waals surface area (Å²) < 4.78 is 10.7. The zero-order valence-electron chi connectivity index (χ0n) is 23.3. The summed E-state index contributed by atoms with van der Waals surface area (Å²) >= 11 is 0. The van der Waals surface area contributed by atoms with Gasteiger partial charge in [-0.25, -0.2) is 0 Å². The van der Waals surface area contributed by atoms with E-state index in [2.05, 4.69) is 27.7 Å². The third-order valence-electron chi connectivity index (χ3n) is 6.39. The molecule has 0 aliphatic rings. The lowest BCUT2D eigenvalue weighted by atomic mass is 10.0.